The maximum Gasteiger partial charge on any atom is 0.317 e. The van der Waals surface area contributed by atoms with Crippen LogP contribution in [-0.2, 0) is 11.3 Å². The van der Waals surface area contributed by atoms with Crippen molar-refractivity contribution in [1.29, 1.82) is 0 Å². The van der Waals surface area contributed by atoms with Crippen LogP contribution in [0.1, 0.15) is 32.3 Å². The molecule has 0 aromatic heterocycles. The maximum atomic E-state index is 12.3. The first kappa shape index (κ1) is 20.0. The van der Waals surface area contributed by atoms with Crippen LogP contribution in [0.3, 0.4) is 0 Å². The van der Waals surface area contributed by atoms with Gasteiger partial charge in [0.15, 0.2) is 0 Å². The molecule has 1 aliphatic rings. The lowest BCUT2D eigenvalue weighted by Gasteiger charge is -2.40. The number of benzene rings is 1. The van der Waals surface area contributed by atoms with Crippen molar-refractivity contribution in [2.75, 3.05) is 32.8 Å². The summed E-state index contributed by atoms with van der Waals surface area (Å²) in [6, 6.07) is 8.05. The van der Waals surface area contributed by atoms with Gasteiger partial charge in [0.05, 0.1) is 6.61 Å². The van der Waals surface area contributed by atoms with Crippen molar-refractivity contribution < 1.29 is 19.4 Å². The van der Waals surface area contributed by atoms with Gasteiger partial charge in [0.1, 0.15) is 5.75 Å². The molecule has 0 bridgehead atoms. The second-order valence-electron chi connectivity index (χ2n) is 6.55. The molecule has 2 rings (SSSR count). The average Bonchev–Trinajstić information content (AvgIpc) is 2.60. The van der Waals surface area contributed by atoms with Crippen molar-refractivity contribution >= 4 is 12.0 Å². The molecule has 1 aliphatic heterocycles. The van der Waals surface area contributed by atoms with Crippen LogP contribution >= 0.6 is 0 Å². The summed E-state index contributed by atoms with van der Waals surface area (Å²) in [6.07, 6.45) is 0.520. The zero-order valence-electron chi connectivity index (χ0n) is 15.6. The molecule has 144 valence electrons. The fraction of sp³-hybridized carbons (Fsp3) is 0.579. The van der Waals surface area contributed by atoms with E-state index in [1.165, 1.54) is 0 Å². The van der Waals surface area contributed by atoms with Gasteiger partial charge in [0.2, 0.25) is 0 Å². The van der Waals surface area contributed by atoms with Crippen molar-refractivity contribution in [2.45, 2.75) is 39.3 Å². The number of hydrogen-bond donors (Lipinski definition) is 2. The van der Waals surface area contributed by atoms with Crippen LogP contribution in [0.25, 0.3) is 0 Å². The molecule has 1 aromatic carbocycles. The summed E-state index contributed by atoms with van der Waals surface area (Å²) in [6.45, 7) is 8.10. The van der Waals surface area contributed by atoms with Gasteiger partial charge in [-0.1, -0.05) is 18.2 Å². The Morgan fingerprint density at radius 1 is 1.31 bits per heavy atom. The third-order valence-electron chi connectivity index (χ3n) is 4.48. The Morgan fingerprint density at radius 3 is 2.77 bits per heavy atom. The van der Waals surface area contributed by atoms with Crippen molar-refractivity contribution in [1.82, 2.24) is 15.1 Å². The Bertz CT molecular complexity index is 608. The van der Waals surface area contributed by atoms with Crippen LogP contribution in [0.2, 0.25) is 0 Å². The summed E-state index contributed by atoms with van der Waals surface area (Å²) in [5, 5.41) is 11.4. The van der Waals surface area contributed by atoms with Crippen LogP contribution in [-0.4, -0.2) is 65.7 Å². The average molecular weight is 363 g/mol. The van der Waals surface area contributed by atoms with E-state index in [2.05, 4.69) is 16.3 Å². The van der Waals surface area contributed by atoms with Crippen molar-refractivity contribution in [3.63, 3.8) is 0 Å². The van der Waals surface area contributed by atoms with Crippen LogP contribution in [0.15, 0.2) is 24.3 Å². The highest BCUT2D eigenvalue weighted by molar-refractivity contribution is 5.74. The van der Waals surface area contributed by atoms with Crippen molar-refractivity contribution in [2.24, 2.45) is 0 Å². The molecule has 2 amide bonds. The largest absolute Gasteiger partial charge is 0.494 e. The molecule has 0 radical (unpaired) electrons. The van der Waals surface area contributed by atoms with Gasteiger partial charge in [-0.2, -0.15) is 0 Å². The smallest absolute Gasteiger partial charge is 0.317 e. The lowest BCUT2D eigenvalue weighted by molar-refractivity contribution is -0.137. The second-order valence-corrected chi connectivity index (χ2v) is 6.55. The molecule has 1 atom stereocenters. The van der Waals surface area contributed by atoms with Gasteiger partial charge in [0, 0.05) is 50.7 Å². The van der Waals surface area contributed by atoms with E-state index in [1.807, 2.05) is 36.9 Å². The lowest BCUT2D eigenvalue weighted by Crippen LogP contribution is -2.56. The Kier molecular flexibility index (Phi) is 7.72. The van der Waals surface area contributed by atoms with Gasteiger partial charge in [0.25, 0.3) is 0 Å². The monoisotopic (exact) mass is 363 g/mol. The molecular formula is C19H29N3O4. The minimum atomic E-state index is -0.839. The van der Waals surface area contributed by atoms with E-state index in [4.69, 9.17) is 9.84 Å². The SMILES string of the molecule is CCOc1ccccc1CN1CCN(C(=O)NCCCC(=O)O)C(C)C1. The molecule has 2 N–H and O–H groups in total. The number of carboxylic acid groups (broad SMARTS) is 1. The van der Waals surface area contributed by atoms with Gasteiger partial charge < -0.3 is 20.1 Å². The minimum absolute atomic E-state index is 0.0723. The van der Waals surface area contributed by atoms with E-state index in [1.54, 1.807) is 0 Å². The summed E-state index contributed by atoms with van der Waals surface area (Å²) in [7, 11) is 0. The van der Waals surface area contributed by atoms with Gasteiger partial charge >= 0.3 is 12.0 Å². The first-order valence-corrected chi connectivity index (χ1v) is 9.20. The number of piperazine rings is 1. The quantitative estimate of drug-likeness (QED) is 0.692. The van der Waals surface area contributed by atoms with E-state index in [9.17, 15) is 9.59 Å². The fourth-order valence-corrected chi connectivity index (χ4v) is 3.19. The number of urea groups is 1. The molecule has 7 heteroatoms. The number of carbonyl (C=O) groups excluding carboxylic acids is 1. The summed E-state index contributed by atoms with van der Waals surface area (Å²) in [4.78, 5) is 27.0. The first-order chi connectivity index (χ1) is 12.5. The van der Waals surface area contributed by atoms with Crippen LogP contribution < -0.4 is 10.1 Å². The van der Waals surface area contributed by atoms with Gasteiger partial charge in [-0.15, -0.1) is 0 Å². The maximum absolute atomic E-state index is 12.3. The van der Waals surface area contributed by atoms with Crippen LogP contribution in [0, 0.1) is 0 Å². The predicted octanol–water partition coefficient (Wildman–Crippen LogP) is 2.17. The number of para-hydroxylation sites is 1. The summed E-state index contributed by atoms with van der Waals surface area (Å²) in [5.74, 6) is 0.0785. The molecule has 7 nitrogen and oxygen atoms in total. The van der Waals surface area contributed by atoms with Gasteiger partial charge in [-0.3, -0.25) is 9.69 Å². The van der Waals surface area contributed by atoms with Crippen molar-refractivity contribution in [3.05, 3.63) is 29.8 Å². The topological polar surface area (TPSA) is 82.1 Å². The molecule has 0 spiro atoms. The molecule has 1 heterocycles. The van der Waals surface area contributed by atoms with Crippen LogP contribution in [0.4, 0.5) is 4.79 Å². The Morgan fingerprint density at radius 2 is 2.08 bits per heavy atom. The number of rotatable bonds is 8. The summed E-state index contributed by atoms with van der Waals surface area (Å²) in [5.41, 5.74) is 1.16. The Hall–Kier alpha value is -2.28. The lowest BCUT2D eigenvalue weighted by atomic mass is 10.1. The predicted molar refractivity (Wildman–Crippen MR) is 99.3 cm³/mol. The van der Waals surface area contributed by atoms with E-state index < -0.39 is 5.97 Å². The molecule has 1 unspecified atom stereocenters. The molecule has 1 saturated heterocycles. The molecular weight excluding hydrogens is 334 g/mol. The molecule has 26 heavy (non-hydrogen) atoms. The molecule has 1 aromatic rings. The molecule has 0 saturated carbocycles. The second kappa shape index (κ2) is 10.0. The number of hydrogen-bond acceptors (Lipinski definition) is 4. The Balaban J connectivity index is 1.82. The zero-order valence-corrected chi connectivity index (χ0v) is 15.6. The third-order valence-corrected chi connectivity index (χ3v) is 4.48. The highest BCUT2D eigenvalue weighted by Crippen LogP contribution is 2.21. The first-order valence-electron chi connectivity index (χ1n) is 9.20. The third kappa shape index (κ3) is 5.91. The number of aliphatic carboxylic acids is 1. The summed E-state index contributed by atoms with van der Waals surface area (Å²) < 4.78 is 5.69. The summed E-state index contributed by atoms with van der Waals surface area (Å²) >= 11 is 0. The fourth-order valence-electron chi connectivity index (χ4n) is 3.19. The molecule has 1 fully saturated rings. The number of carboxylic acids is 1. The van der Waals surface area contributed by atoms with Crippen molar-refractivity contribution in [3.8, 4) is 5.75 Å². The minimum Gasteiger partial charge on any atom is -0.494 e. The van der Waals surface area contributed by atoms with E-state index >= 15 is 0 Å². The van der Waals surface area contributed by atoms with E-state index in [-0.39, 0.29) is 18.5 Å². The number of ether oxygens (including phenoxy) is 1. The number of nitrogens with one attached hydrogen (secondary N) is 1. The molecule has 0 aliphatic carbocycles. The highest BCUT2D eigenvalue weighted by Gasteiger charge is 2.27. The standard InChI is InChI=1S/C19H29N3O4/c1-3-26-17-8-5-4-7-16(17)14-21-11-12-22(15(2)13-21)19(25)20-10-6-9-18(23)24/h4-5,7-8,15H,3,6,9-14H2,1-2H3,(H,20,25)(H,23,24). The van der Waals surface area contributed by atoms with E-state index in [0.717, 1.165) is 30.9 Å². The van der Waals surface area contributed by atoms with Gasteiger partial charge in [-0.25, -0.2) is 4.79 Å². The number of carbonyl (C=O) groups is 2. The van der Waals surface area contributed by atoms with Gasteiger partial charge in [-0.05, 0) is 26.3 Å². The van der Waals surface area contributed by atoms with E-state index in [0.29, 0.717) is 26.1 Å². The normalized spacial score (nSPS) is 17.8. The zero-order chi connectivity index (χ0) is 18.9. The number of nitrogens with zero attached hydrogens (tertiary/aromatic N) is 2. The van der Waals surface area contributed by atoms with Crippen LogP contribution in [0.5, 0.6) is 5.75 Å². The highest BCUT2D eigenvalue weighted by atomic mass is 16.5. The Labute approximate surface area is 154 Å². The number of amides is 2.